The molecule has 0 aliphatic rings. The van der Waals surface area contributed by atoms with E-state index in [1.807, 2.05) is 23.6 Å². The minimum absolute atomic E-state index is 0.327. The van der Waals surface area contributed by atoms with Crippen molar-refractivity contribution in [1.29, 1.82) is 0 Å². The second-order valence-electron chi connectivity index (χ2n) is 3.67. The normalized spacial score (nSPS) is 10.7. The Balaban J connectivity index is 2.15. The first-order valence-electron chi connectivity index (χ1n) is 5.31. The molecule has 0 amide bonds. The topological polar surface area (TPSA) is 52.3 Å². The predicted octanol–water partition coefficient (Wildman–Crippen LogP) is 2.93. The average Bonchev–Trinajstić information content (AvgIpc) is 2.88. The van der Waals surface area contributed by atoms with Gasteiger partial charge in [-0.1, -0.05) is 0 Å². The largest absolute Gasteiger partial charge is 0.497 e. The van der Waals surface area contributed by atoms with Crippen molar-refractivity contribution in [2.24, 2.45) is 0 Å². The quantitative estimate of drug-likeness (QED) is 0.710. The Hall–Kier alpha value is -2.14. The molecule has 3 rings (SSSR count). The number of thiophene rings is 1. The molecule has 4 nitrogen and oxygen atoms in total. The van der Waals surface area contributed by atoms with Crippen molar-refractivity contribution in [2.45, 2.75) is 0 Å². The molecule has 0 aliphatic carbocycles. The summed E-state index contributed by atoms with van der Waals surface area (Å²) in [5, 5.41) is 1.83. The lowest BCUT2D eigenvalue weighted by molar-refractivity contribution is 0.415. The van der Waals surface area contributed by atoms with Crippen LogP contribution in [0.3, 0.4) is 0 Å². The van der Waals surface area contributed by atoms with Gasteiger partial charge in [0, 0.05) is 5.56 Å². The number of hydrogen-bond donors (Lipinski definition) is 0. The minimum atomic E-state index is -0.346. The van der Waals surface area contributed by atoms with Crippen LogP contribution in [0.4, 0.5) is 0 Å². The van der Waals surface area contributed by atoms with Crippen molar-refractivity contribution in [2.75, 3.05) is 7.11 Å². The summed E-state index contributed by atoms with van der Waals surface area (Å²) in [6.07, 6.45) is 0. The van der Waals surface area contributed by atoms with E-state index in [0.29, 0.717) is 16.1 Å². The van der Waals surface area contributed by atoms with Crippen molar-refractivity contribution in [3.05, 3.63) is 46.1 Å². The van der Waals surface area contributed by atoms with Crippen LogP contribution in [0.15, 0.2) is 44.9 Å². The maximum absolute atomic E-state index is 11.7. The molecular formula is C13H9NO3S. The Bertz CT molecular complexity index is 743. The van der Waals surface area contributed by atoms with Crippen LogP contribution in [0.5, 0.6) is 5.75 Å². The van der Waals surface area contributed by atoms with Crippen molar-refractivity contribution in [3.8, 4) is 17.2 Å². The summed E-state index contributed by atoms with van der Waals surface area (Å²) in [5.74, 6) is 1.08. The minimum Gasteiger partial charge on any atom is -0.497 e. The van der Waals surface area contributed by atoms with Gasteiger partial charge < -0.3 is 9.15 Å². The lowest BCUT2D eigenvalue weighted by atomic mass is 10.2. The third-order valence-corrected chi connectivity index (χ3v) is 3.46. The monoisotopic (exact) mass is 259 g/mol. The van der Waals surface area contributed by atoms with E-state index in [9.17, 15) is 4.79 Å². The third-order valence-electron chi connectivity index (χ3n) is 2.58. The second-order valence-corrected chi connectivity index (χ2v) is 4.59. The molecule has 2 aromatic heterocycles. The van der Waals surface area contributed by atoms with Gasteiger partial charge in [-0.05, 0) is 35.7 Å². The first kappa shape index (κ1) is 11.0. The molecule has 0 radical (unpaired) electrons. The molecule has 3 aromatic rings. The summed E-state index contributed by atoms with van der Waals surface area (Å²) in [7, 11) is 1.60. The van der Waals surface area contributed by atoms with Gasteiger partial charge >= 0.3 is 5.63 Å². The predicted molar refractivity (Wildman–Crippen MR) is 70.1 cm³/mol. The Kier molecular flexibility index (Phi) is 2.60. The van der Waals surface area contributed by atoms with Gasteiger partial charge in [-0.2, -0.15) is 0 Å². The van der Waals surface area contributed by atoms with Gasteiger partial charge in [0.2, 0.25) is 5.89 Å². The Morgan fingerprint density at radius 2 is 2.00 bits per heavy atom. The smallest absolute Gasteiger partial charge is 0.357 e. The van der Waals surface area contributed by atoms with Crippen LogP contribution in [0.1, 0.15) is 0 Å². The molecule has 90 valence electrons. The van der Waals surface area contributed by atoms with Gasteiger partial charge in [0.25, 0.3) is 0 Å². The molecule has 5 heteroatoms. The Morgan fingerprint density at radius 3 is 2.72 bits per heavy atom. The molecule has 0 N–H and O–H groups in total. The van der Waals surface area contributed by atoms with Crippen LogP contribution in [0.2, 0.25) is 0 Å². The van der Waals surface area contributed by atoms with Crippen LogP contribution in [0, 0.1) is 0 Å². The van der Waals surface area contributed by atoms with E-state index in [1.165, 1.54) is 11.3 Å². The van der Waals surface area contributed by atoms with Crippen molar-refractivity contribution < 1.29 is 9.15 Å². The van der Waals surface area contributed by atoms with Gasteiger partial charge in [0.1, 0.15) is 10.4 Å². The summed E-state index contributed by atoms with van der Waals surface area (Å²) >= 11 is 1.34. The van der Waals surface area contributed by atoms with E-state index >= 15 is 0 Å². The number of nitrogens with zero attached hydrogens (tertiary/aromatic N) is 1. The summed E-state index contributed by atoms with van der Waals surface area (Å²) in [5.41, 5.74) is 1.07. The van der Waals surface area contributed by atoms with Gasteiger partial charge in [-0.15, -0.1) is 11.3 Å². The summed E-state index contributed by atoms with van der Waals surface area (Å²) < 4.78 is 10.8. The van der Waals surface area contributed by atoms with E-state index in [2.05, 4.69) is 4.98 Å². The number of ether oxygens (including phenoxy) is 1. The van der Waals surface area contributed by atoms with Gasteiger partial charge in [0.05, 0.1) is 12.6 Å². The SMILES string of the molecule is COc1ccc(-c2nc3ccsc3c(=O)o2)cc1. The zero-order valence-corrected chi connectivity index (χ0v) is 10.4. The maximum Gasteiger partial charge on any atom is 0.357 e. The zero-order valence-electron chi connectivity index (χ0n) is 9.54. The molecule has 0 saturated heterocycles. The molecule has 0 saturated carbocycles. The number of methoxy groups -OCH3 is 1. The molecule has 0 bridgehead atoms. The Labute approximate surface area is 106 Å². The molecule has 0 aliphatic heterocycles. The zero-order chi connectivity index (χ0) is 12.5. The molecule has 18 heavy (non-hydrogen) atoms. The average molecular weight is 259 g/mol. The van der Waals surface area contributed by atoms with Crippen LogP contribution in [-0.4, -0.2) is 12.1 Å². The van der Waals surface area contributed by atoms with E-state index in [-0.39, 0.29) is 5.63 Å². The highest BCUT2D eigenvalue weighted by Gasteiger charge is 2.09. The highest BCUT2D eigenvalue weighted by molar-refractivity contribution is 7.17. The molecule has 0 unspecified atom stereocenters. The lowest BCUT2D eigenvalue weighted by Crippen LogP contribution is -2.00. The van der Waals surface area contributed by atoms with E-state index in [4.69, 9.17) is 9.15 Å². The molecule has 0 fully saturated rings. The molecule has 2 heterocycles. The number of aromatic nitrogens is 1. The fourth-order valence-electron chi connectivity index (χ4n) is 1.67. The number of fused-ring (bicyclic) bond motifs is 1. The third kappa shape index (κ3) is 1.78. The fraction of sp³-hybridized carbons (Fsp3) is 0.0769. The number of rotatable bonds is 2. The first-order chi connectivity index (χ1) is 8.78. The van der Waals surface area contributed by atoms with Crippen molar-refractivity contribution >= 4 is 21.6 Å². The van der Waals surface area contributed by atoms with Crippen molar-refractivity contribution in [3.63, 3.8) is 0 Å². The lowest BCUT2D eigenvalue weighted by Gasteiger charge is -2.01. The first-order valence-corrected chi connectivity index (χ1v) is 6.18. The Morgan fingerprint density at radius 1 is 1.22 bits per heavy atom. The van der Waals surface area contributed by atoms with E-state index in [0.717, 1.165) is 11.3 Å². The summed E-state index contributed by atoms with van der Waals surface area (Å²) in [6.45, 7) is 0. The highest BCUT2D eigenvalue weighted by atomic mass is 32.1. The second kappa shape index (κ2) is 4.27. The number of hydrogen-bond acceptors (Lipinski definition) is 5. The standard InChI is InChI=1S/C13H9NO3S/c1-16-9-4-2-8(3-5-9)12-14-10-6-7-18-11(10)13(15)17-12/h2-7H,1H3. The summed E-state index contributed by atoms with van der Waals surface area (Å²) in [6, 6.07) is 9.03. The van der Waals surface area contributed by atoms with Gasteiger partial charge in [-0.25, -0.2) is 9.78 Å². The highest BCUT2D eigenvalue weighted by Crippen LogP contribution is 2.22. The number of benzene rings is 1. The van der Waals surface area contributed by atoms with Crippen LogP contribution in [0.25, 0.3) is 21.7 Å². The van der Waals surface area contributed by atoms with Gasteiger partial charge in [0.15, 0.2) is 0 Å². The fourth-order valence-corrected chi connectivity index (χ4v) is 2.37. The maximum atomic E-state index is 11.7. The van der Waals surface area contributed by atoms with Crippen LogP contribution in [-0.2, 0) is 0 Å². The molecule has 0 atom stereocenters. The van der Waals surface area contributed by atoms with Crippen molar-refractivity contribution in [1.82, 2.24) is 4.98 Å². The van der Waals surface area contributed by atoms with Crippen LogP contribution < -0.4 is 10.4 Å². The molecular weight excluding hydrogens is 250 g/mol. The van der Waals surface area contributed by atoms with E-state index in [1.54, 1.807) is 19.2 Å². The van der Waals surface area contributed by atoms with E-state index < -0.39 is 0 Å². The molecule has 1 aromatic carbocycles. The summed E-state index contributed by atoms with van der Waals surface area (Å²) in [4.78, 5) is 16.1. The van der Waals surface area contributed by atoms with Crippen LogP contribution >= 0.6 is 11.3 Å². The van der Waals surface area contributed by atoms with Gasteiger partial charge in [-0.3, -0.25) is 0 Å². The molecule has 0 spiro atoms.